The van der Waals surface area contributed by atoms with Crippen LogP contribution in [0.4, 0.5) is 5.69 Å². The number of pyridine rings is 1. The number of anilines is 1. The number of rotatable bonds is 4. The Bertz CT molecular complexity index is 1050. The fraction of sp³-hybridized carbons (Fsp3) is 0.350. The number of aryl methyl sites for hydroxylation is 2. The highest BCUT2D eigenvalue weighted by Crippen LogP contribution is 2.16. The Balaban J connectivity index is 1.35. The van der Waals surface area contributed by atoms with Gasteiger partial charge >= 0.3 is 0 Å². The highest BCUT2D eigenvalue weighted by molar-refractivity contribution is 5.98. The summed E-state index contributed by atoms with van der Waals surface area (Å²) < 4.78 is 3.63. The zero-order chi connectivity index (χ0) is 21.1. The van der Waals surface area contributed by atoms with Crippen LogP contribution in [0.5, 0.6) is 0 Å². The summed E-state index contributed by atoms with van der Waals surface area (Å²) in [5, 5.41) is 7.48. The molecule has 10 nitrogen and oxygen atoms in total. The van der Waals surface area contributed by atoms with E-state index >= 15 is 0 Å². The van der Waals surface area contributed by atoms with Gasteiger partial charge in [0.05, 0.1) is 11.9 Å². The molecule has 0 bridgehead atoms. The minimum Gasteiger partial charge on any atom is -0.352 e. The van der Waals surface area contributed by atoms with Crippen molar-refractivity contribution in [3.63, 3.8) is 0 Å². The summed E-state index contributed by atoms with van der Waals surface area (Å²) in [6.45, 7) is 4.06. The monoisotopic (exact) mass is 407 g/mol. The quantitative estimate of drug-likeness (QED) is 0.506. The molecule has 1 amide bonds. The fourth-order valence-corrected chi connectivity index (χ4v) is 3.47. The zero-order valence-corrected chi connectivity index (χ0v) is 17.4. The number of piperazine rings is 1. The number of guanidine groups is 1. The van der Waals surface area contributed by atoms with E-state index < -0.39 is 0 Å². The van der Waals surface area contributed by atoms with Crippen molar-refractivity contribution in [3.8, 4) is 5.82 Å². The van der Waals surface area contributed by atoms with Crippen LogP contribution in [0.3, 0.4) is 0 Å². The van der Waals surface area contributed by atoms with Crippen LogP contribution < -0.4 is 10.2 Å². The van der Waals surface area contributed by atoms with E-state index in [2.05, 4.69) is 25.4 Å². The molecule has 0 aromatic carbocycles. The molecule has 30 heavy (non-hydrogen) atoms. The second kappa shape index (κ2) is 8.36. The molecular weight excluding hydrogens is 382 g/mol. The van der Waals surface area contributed by atoms with Gasteiger partial charge in [0.1, 0.15) is 18.2 Å². The predicted molar refractivity (Wildman–Crippen MR) is 113 cm³/mol. The lowest BCUT2D eigenvalue weighted by Crippen LogP contribution is -2.55. The second-order valence-corrected chi connectivity index (χ2v) is 7.11. The highest BCUT2D eigenvalue weighted by Gasteiger charge is 2.27. The Kier molecular flexibility index (Phi) is 5.46. The number of aromatic nitrogens is 5. The maximum absolute atomic E-state index is 12.6. The van der Waals surface area contributed by atoms with Crippen LogP contribution in [0.15, 0.2) is 48.1 Å². The van der Waals surface area contributed by atoms with Crippen molar-refractivity contribution in [2.24, 2.45) is 12.0 Å². The molecule has 3 aromatic rings. The van der Waals surface area contributed by atoms with E-state index in [4.69, 9.17) is 0 Å². The van der Waals surface area contributed by atoms with Crippen molar-refractivity contribution in [2.45, 2.75) is 13.5 Å². The Labute approximate surface area is 174 Å². The minimum absolute atomic E-state index is 0.0268. The average Bonchev–Trinajstić information content (AvgIpc) is 3.37. The number of nitrogens with one attached hydrogen (secondary N) is 1. The molecule has 156 valence electrons. The van der Waals surface area contributed by atoms with Crippen molar-refractivity contribution in [3.05, 3.63) is 54.5 Å². The fourth-order valence-electron chi connectivity index (χ4n) is 3.47. The van der Waals surface area contributed by atoms with Crippen molar-refractivity contribution >= 4 is 17.6 Å². The number of carbonyl (C=O) groups is 1. The Hall–Kier alpha value is -3.69. The molecule has 1 aliphatic rings. The first-order valence-corrected chi connectivity index (χ1v) is 9.75. The molecule has 10 heteroatoms. The number of amides is 1. The molecule has 4 rings (SSSR count). The number of hydrogen-bond acceptors (Lipinski definition) is 5. The largest absolute Gasteiger partial charge is 0.352 e. The summed E-state index contributed by atoms with van der Waals surface area (Å²) in [5.74, 6) is 2.45. The summed E-state index contributed by atoms with van der Waals surface area (Å²) in [6.07, 6.45) is 9.04. The van der Waals surface area contributed by atoms with Gasteiger partial charge < -0.3 is 15.1 Å². The van der Waals surface area contributed by atoms with E-state index in [0.717, 1.165) is 22.9 Å². The van der Waals surface area contributed by atoms with E-state index in [-0.39, 0.29) is 12.5 Å². The third-order valence-electron chi connectivity index (χ3n) is 5.07. The van der Waals surface area contributed by atoms with Gasteiger partial charge in [-0.15, -0.1) is 0 Å². The molecule has 1 saturated heterocycles. The van der Waals surface area contributed by atoms with Crippen molar-refractivity contribution < 1.29 is 4.79 Å². The molecule has 1 fully saturated rings. The van der Waals surface area contributed by atoms with Gasteiger partial charge in [-0.05, 0) is 18.6 Å². The lowest BCUT2D eigenvalue weighted by Gasteiger charge is -2.35. The number of carbonyl (C=O) groups excluding carboxylic acids is 1. The summed E-state index contributed by atoms with van der Waals surface area (Å²) >= 11 is 0. The van der Waals surface area contributed by atoms with Gasteiger partial charge in [0.2, 0.25) is 5.91 Å². The van der Waals surface area contributed by atoms with Gasteiger partial charge in [0, 0.05) is 58.5 Å². The van der Waals surface area contributed by atoms with E-state index in [0.29, 0.717) is 25.6 Å². The smallest absolute Gasteiger partial charge is 0.246 e. The van der Waals surface area contributed by atoms with Gasteiger partial charge in [-0.2, -0.15) is 5.10 Å². The van der Waals surface area contributed by atoms with Crippen LogP contribution in [0, 0.1) is 6.92 Å². The van der Waals surface area contributed by atoms with E-state index in [1.54, 1.807) is 29.0 Å². The first kappa shape index (κ1) is 19.6. The summed E-state index contributed by atoms with van der Waals surface area (Å²) in [6, 6.07) is 3.98. The van der Waals surface area contributed by atoms with Crippen molar-refractivity contribution in [1.82, 2.24) is 34.5 Å². The summed E-state index contributed by atoms with van der Waals surface area (Å²) in [4.78, 5) is 29.4. The minimum atomic E-state index is 0.0268. The molecule has 1 N–H and O–H groups in total. The van der Waals surface area contributed by atoms with Crippen LogP contribution in [0.2, 0.25) is 0 Å². The molecule has 0 unspecified atom stereocenters. The maximum atomic E-state index is 12.6. The number of nitrogens with zero attached hydrogens (tertiary/aromatic N) is 8. The van der Waals surface area contributed by atoms with Gasteiger partial charge in [-0.1, -0.05) is 6.07 Å². The maximum Gasteiger partial charge on any atom is 0.246 e. The standard InChI is InChI=1S/C20H25N9O/c1-15-22-6-7-28(15)18-5-4-16(10-23-18)11-24-20(21-2)27-8-9-29(19(30)14-27)17-12-25-26(3)13-17/h4-7,10,12-13H,8-9,11,14H2,1-3H3,(H,21,24). The van der Waals surface area contributed by atoms with E-state index in [9.17, 15) is 4.79 Å². The van der Waals surface area contributed by atoms with Crippen LogP contribution in [0.1, 0.15) is 11.4 Å². The van der Waals surface area contributed by atoms with Crippen molar-refractivity contribution in [2.75, 3.05) is 31.6 Å². The molecule has 4 heterocycles. The summed E-state index contributed by atoms with van der Waals surface area (Å²) in [7, 11) is 3.57. The molecule has 1 aliphatic heterocycles. The van der Waals surface area contributed by atoms with E-state index in [1.807, 2.05) is 54.2 Å². The van der Waals surface area contributed by atoms with Gasteiger partial charge in [0.15, 0.2) is 5.96 Å². The van der Waals surface area contributed by atoms with Gasteiger partial charge in [-0.3, -0.25) is 19.0 Å². The molecular formula is C20H25N9O. The molecule has 0 radical (unpaired) electrons. The third kappa shape index (κ3) is 4.02. The van der Waals surface area contributed by atoms with Crippen LogP contribution >= 0.6 is 0 Å². The first-order valence-electron chi connectivity index (χ1n) is 9.75. The molecule has 0 atom stereocenters. The van der Waals surface area contributed by atoms with Gasteiger partial charge in [0.25, 0.3) is 0 Å². The van der Waals surface area contributed by atoms with Crippen LogP contribution in [-0.2, 0) is 18.4 Å². The molecule has 0 aliphatic carbocycles. The number of aliphatic imine (C=N–C) groups is 1. The third-order valence-corrected chi connectivity index (χ3v) is 5.07. The lowest BCUT2D eigenvalue weighted by molar-refractivity contribution is -0.120. The Morgan fingerprint density at radius 3 is 2.70 bits per heavy atom. The lowest BCUT2D eigenvalue weighted by atomic mass is 10.2. The topological polar surface area (TPSA) is 96.5 Å². The SMILES string of the molecule is CN=C(NCc1ccc(-n2ccnc2C)nc1)N1CCN(c2cnn(C)c2)C(=O)C1. The normalized spacial score (nSPS) is 15.0. The number of hydrogen-bond donors (Lipinski definition) is 1. The predicted octanol–water partition coefficient (Wildman–Crippen LogP) is 0.733. The average molecular weight is 407 g/mol. The van der Waals surface area contributed by atoms with Crippen LogP contribution in [-0.4, -0.2) is 67.8 Å². The summed E-state index contributed by atoms with van der Waals surface area (Å²) in [5.41, 5.74) is 1.85. The van der Waals surface area contributed by atoms with E-state index in [1.165, 1.54) is 0 Å². The second-order valence-electron chi connectivity index (χ2n) is 7.11. The van der Waals surface area contributed by atoms with Crippen LogP contribution in [0.25, 0.3) is 5.82 Å². The molecule has 0 spiro atoms. The zero-order valence-electron chi connectivity index (χ0n) is 17.4. The molecule has 0 saturated carbocycles. The highest BCUT2D eigenvalue weighted by atomic mass is 16.2. The Morgan fingerprint density at radius 1 is 1.23 bits per heavy atom. The molecule has 3 aromatic heterocycles. The number of imidazole rings is 1. The van der Waals surface area contributed by atoms with Crippen molar-refractivity contribution in [1.29, 1.82) is 0 Å². The van der Waals surface area contributed by atoms with Gasteiger partial charge in [-0.25, -0.2) is 9.97 Å². The first-order chi connectivity index (χ1) is 14.5. The Morgan fingerprint density at radius 2 is 2.10 bits per heavy atom.